The van der Waals surface area contributed by atoms with E-state index in [2.05, 4.69) is 23.8 Å². The number of fused-ring (bicyclic) bond motifs is 1. The van der Waals surface area contributed by atoms with Gasteiger partial charge in [-0.3, -0.25) is 18.2 Å². The van der Waals surface area contributed by atoms with Crippen LogP contribution in [0.25, 0.3) is 11.2 Å². The summed E-state index contributed by atoms with van der Waals surface area (Å²) in [6.45, 7) is -0.901. The minimum absolute atomic E-state index is 0. The van der Waals surface area contributed by atoms with E-state index in [-0.39, 0.29) is 76.1 Å². The molecule has 22 heteroatoms. The number of nitrogens with two attached hydrogens (primary N) is 1. The molecule has 33 heavy (non-hydrogen) atoms. The van der Waals surface area contributed by atoms with Crippen molar-refractivity contribution >= 4 is 99.1 Å². The largest absolute Gasteiger partial charge is 0.479 e. The van der Waals surface area contributed by atoms with E-state index in [4.69, 9.17) is 20.3 Å². The number of anilines is 1. The van der Waals surface area contributed by atoms with Gasteiger partial charge in [0.25, 0.3) is 0 Å². The van der Waals surface area contributed by atoms with Gasteiger partial charge >= 0.3 is 23.0 Å². The molecular weight excluding hydrogens is 533 g/mol. The Hall–Kier alpha value is 0.680. The van der Waals surface area contributed by atoms with Crippen molar-refractivity contribution < 1.29 is 57.1 Å². The maximum atomic E-state index is 11.9. The number of hydrogen-bond donors (Lipinski definition) is 7. The molecule has 0 saturated carbocycles. The molecule has 176 valence electrons. The van der Waals surface area contributed by atoms with Crippen LogP contribution < -0.4 is 5.73 Å². The van der Waals surface area contributed by atoms with Crippen LogP contribution >= 0.6 is 23.0 Å². The summed E-state index contributed by atoms with van der Waals surface area (Å²) in [5.74, 6) is -1.66. The third-order valence-corrected chi connectivity index (χ3v) is 9.22. The molecular formula is C11H18N5Na2O12P3. The Morgan fingerprint density at radius 2 is 1.70 bits per heavy atom. The minimum Gasteiger partial charge on any atom is -0.387 e. The van der Waals surface area contributed by atoms with Crippen LogP contribution in [0.2, 0.25) is 0 Å². The van der Waals surface area contributed by atoms with E-state index < -0.39 is 60.1 Å². The van der Waals surface area contributed by atoms with Crippen LogP contribution in [-0.4, -0.2) is 139 Å². The third-order valence-electron chi connectivity index (χ3n) is 3.99. The molecule has 2 aromatic rings. The molecule has 8 N–H and O–H groups in total. The van der Waals surface area contributed by atoms with Crippen LogP contribution in [0, 0.1) is 0 Å². The number of hydrogen-bond acceptors (Lipinski definition) is 12. The average Bonchev–Trinajstić information content (AvgIpc) is 3.13. The minimum atomic E-state index is -5.31. The van der Waals surface area contributed by atoms with Crippen molar-refractivity contribution in [3.63, 3.8) is 0 Å². The molecule has 0 aliphatic carbocycles. The Labute approximate surface area is 229 Å². The van der Waals surface area contributed by atoms with Crippen molar-refractivity contribution in [2.75, 3.05) is 18.2 Å². The van der Waals surface area contributed by atoms with Gasteiger partial charge in [-0.2, -0.15) is 0 Å². The van der Waals surface area contributed by atoms with Gasteiger partial charge in [-0.25, -0.2) is 23.8 Å². The predicted molar refractivity (Wildman–Crippen MR) is 111 cm³/mol. The van der Waals surface area contributed by atoms with Crippen molar-refractivity contribution in [3.05, 3.63) is 12.7 Å². The van der Waals surface area contributed by atoms with Crippen LogP contribution in [0.1, 0.15) is 6.23 Å². The summed E-state index contributed by atoms with van der Waals surface area (Å²) in [6, 6.07) is 0. The van der Waals surface area contributed by atoms with Crippen molar-refractivity contribution in [2.24, 2.45) is 0 Å². The van der Waals surface area contributed by atoms with E-state index in [0.717, 1.165) is 6.33 Å². The predicted octanol–water partition coefficient (Wildman–Crippen LogP) is -2.28. The Kier molecular flexibility index (Phi) is 11.4. The zero-order chi connectivity index (χ0) is 23.2. The Balaban J connectivity index is 0.00000272. The van der Waals surface area contributed by atoms with Crippen molar-refractivity contribution in [1.29, 1.82) is 0 Å². The van der Waals surface area contributed by atoms with Crippen LogP contribution in [0.4, 0.5) is 5.82 Å². The van der Waals surface area contributed by atoms with Gasteiger partial charge in [0.2, 0.25) is 0 Å². The second-order valence-corrected chi connectivity index (χ2v) is 12.0. The molecule has 6 atom stereocenters. The number of imidazole rings is 1. The molecule has 2 aromatic heterocycles. The van der Waals surface area contributed by atoms with Gasteiger partial charge in [0.15, 0.2) is 23.6 Å². The average molecular weight is 551 g/mol. The standard InChI is InChI=1S/C11H18N5O12P3.2Na/c12-9-6-10(14-2-13-9)16(3-15-6)11-8(18)7(17)5(27-11)1-26-31(24,25)28-30(22,23)4-29(19,20)21;;/h2-3,5,7-8,11,17-18H,1,4H2,(H,22,23)(H,24,25)(H2,12,13,14)(H2,19,20,21);;. The molecule has 0 bridgehead atoms. The fourth-order valence-electron chi connectivity index (χ4n) is 2.76. The summed E-state index contributed by atoms with van der Waals surface area (Å²) in [4.78, 5) is 48.0. The van der Waals surface area contributed by atoms with Crippen LogP contribution in [0.5, 0.6) is 0 Å². The van der Waals surface area contributed by atoms with Gasteiger partial charge in [0.05, 0.1) is 12.9 Å². The first-order chi connectivity index (χ1) is 14.2. The number of phosphoric ester groups is 1. The maximum Gasteiger partial charge on any atom is 0.479 e. The first-order valence-electron chi connectivity index (χ1n) is 8.19. The fraction of sp³-hybridized carbons (Fsp3) is 0.545. The number of phosphoric acid groups is 1. The van der Waals surface area contributed by atoms with Crippen LogP contribution in [-0.2, 0) is 27.3 Å². The maximum absolute atomic E-state index is 11.9. The Morgan fingerprint density at radius 3 is 2.30 bits per heavy atom. The molecule has 0 spiro atoms. The monoisotopic (exact) mass is 551 g/mol. The number of nitrogens with zero attached hydrogens (tertiary/aromatic N) is 4. The summed E-state index contributed by atoms with van der Waals surface area (Å²) in [6.07, 6.45) is -3.54. The second kappa shape index (κ2) is 11.8. The summed E-state index contributed by atoms with van der Waals surface area (Å²) in [5.41, 5.74) is 6.04. The molecule has 1 saturated heterocycles. The van der Waals surface area contributed by atoms with E-state index in [1.807, 2.05) is 0 Å². The number of aliphatic hydroxyl groups is 2. The Bertz CT molecular complexity index is 1120. The van der Waals surface area contributed by atoms with Gasteiger partial charge < -0.3 is 40.3 Å². The second-order valence-electron chi connectivity index (χ2n) is 6.42. The molecule has 0 aromatic carbocycles. The molecule has 2 radical (unpaired) electrons. The normalized spacial score (nSPS) is 26.7. The summed E-state index contributed by atoms with van der Waals surface area (Å²) in [5, 5.41) is 20.5. The van der Waals surface area contributed by atoms with E-state index >= 15 is 0 Å². The number of nitrogen functional groups attached to an aromatic ring is 1. The molecule has 3 heterocycles. The van der Waals surface area contributed by atoms with E-state index in [0.29, 0.717) is 0 Å². The van der Waals surface area contributed by atoms with E-state index in [1.54, 1.807) is 0 Å². The SMILES string of the molecule is Nc1ncnc2c1ncn2C1OC(COP(=O)(O)OP(=O)(O)CP(=O)(O)O)C(O)C1O.[Na].[Na]. The number of aromatic nitrogens is 4. The van der Waals surface area contributed by atoms with Gasteiger partial charge in [0, 0.05) is 59.1 Å². The molecule has 1 aliphatic heterocycles. The molecule has 17 nitrogen and oxygen atoms in total. The summed E-state index contributed by atoms with van der Waals surface area (Å²) in [7, 11) is -15.6. The van der Waals surface area contributed by atoms with Crippen molar-refractivity contribution in [1.82, 2.24) is 19.5 Å². The number of rotatable bonds is 8. The van der Waals surface area contributed by atoms with E-state index in [1.165, 1.54) is 10.9 Å². The van der Waals surface area contributed by atoms with Crippen molar-refractivity contribution in [2.45, 2.75) is 24.5 Å². The first-order valence-corrected chi connectivity index (χ1v) is 13.2. The summed E-state index contributed by atoms with van der Waals surface area (Å²) >= 11 is 0. The quantitative estimate of drug-likeness (QED) is 0.134. The van der Waals surface area contributed by atoms with Crippen LogP contribution in [0.3, 0.4) is 0 Å². The Morgan fingerprint density at radius 1 is 1.06 bits per heavy atom. The van der Waals surface area contributed by atoms with Gasteiger partial charge in [-0.15, -0.1) is 0 Å². The molecule has 0 amide bonds. The first kappa shape index (κ1) is 31.7. The molecule has 1 aliphatic rings. The molecule has 3 rings (SSSR count). The zero-order valence-electron chi connectivity index (χ0n) is 17.2. The smallest absolute Gasteiger partial charge is 0.387 e. The van der Waals surface area contributed by atoms with Gasteiger partial charge in [-0.05, 0) is 0 Å². The summed E-state index contributed by atoms with van der Waals surface area (Å²) < 4.78 is 49.4. The van der Waals surface area contributed by atoms with Crippen LogP contribution in [0.15, 0.2) is 12.7 Å². The third kappa shape index (κ3) is 8.09. The van der Waals surface area contributed by atoms with E-state index in [9.17, 15) is 33.7 Å². The topological polar surface area (TPSA) is 270 Å². The fourth-order valence-corrected chi connectivity index (χ4v) is 7.11. The number of aliphatic hydroxyl groups excluding tert-OH is 2. The molecule has 6 unspecified atom stereocenters. The van der Waals surface area contributed by atoms with Gasteiger partial charge in [-0.1, -0.05) is 0 Å². The van der Waals surface area contributed by atoms with Gasteiger partial charge in [0.1, 0.15) is 30.2 Å². The molecule has 1 fully saturated rings. The van der Waals surface area contributed by atoms with Crippen molar-refractivity contribution in [3.8, 4) is 0 Å². The number of ether oxygens (including phenoxy) is 1. The zero-order valence-corrected chi connectivity index (χ0v) is 23.9.